The van der Waals surface area contributed by atoms with Gasteiger partial charge < -0.3 is 14.2 Å². The summed E-state index contributed by atoms with van der Waals surface area (Å²) in [6.45, 7) is 0. The van der Waals surface area contributed by atoms with E-state index in [1.807, 2.05) is 7.11 Å². The lowest BCUT2D eigenvalue weighted by Crippen LogP contribution is -2.66. The molecule has 24 heavy (non-hydrogen) atoms. The molecule has 3 heteroatoms. The molecule has 8 saturated carbocycles. The molecule has 2 aliphatic heterocycles. The van der Waals surface area contributed by atoms with Crippen molar-refractivity contribution in [3.05, 3.63) is 0 Å². The first-order chi connectivity index (χ1) is 11.9. The predicted molar refractivity (Wildman–Crippen MR) is 83.6 cm³/mol. The lowest BCUT2D eigenvalue weighted by Gasteiger charge is -2.60. The molecule has 0 aromatic heterocycles. The topological polar surface area (TPSA) is 27.7 Å². The van der Waals surface area contributed by atoms with Crippen LogP contribution < -0.4 is 0 Å². The van der Waals surface area contributed by atoms with Crippen LogP contribution in [0.5, 0.6) is 0 Å². The van der Waals surface area contributed by atoms with Crippen LogP contribution in [-0.2, 0) is 14.2 Å². The van der Waals surface area contributed by atoms with E-state index >= 15 is 0 Å². The van der Waals surface area contributed by atoms with E-state index in [2.05, 4.69) is 0 Å². The molecule has 128 valence electrons. The Balaban J connectivity index is 1.41. The van der Waals surface area contributed by atoms with E-state index in [-0.39, 0.29) is 11.7 Å². The van der Waals surface area contributed by atoms with Gasteiger partial charge >= 0.3 is 0 Å². The van der Waals surface area contributed by atoms with E-state index in [1.54, 1.807) is 0 Å². The van der Waals surface area contributed by atoms with Crippen LogP contribution in [0.1, 0.15) is 25.7 Å². The van der Waals surface area contributed by atoms with E-state index in [0.29, 0.717) is 18.3 Å². The van der Waals surface area contributed by atoms with Crippen molar-refractivity contribution in [3.63, 3.8) is 0 Å². The minimum absolute atomic E-state index is 0.0330. The van der Waals surface area contributed by atoms with Crippen molar-refractivity contribution >= 4 is 0 Å². The minimum atomic E-state index is 0.0330. The van der Waals surface area contributed by atoms with Crippen molar-refractivity contribution in [1.82, 2.24) is 0 Å². The van der Waals surface area contributed by atoms with Gasteiger partial charge in [0.05, 0.1) is 23.7 Å². The fourth-order valence-electron chi connectivity index (χ4n) is 12.2. The number of rotatable bonds is 1. The average Bonchev–Trinajstić information content (AvgIpc) is 3.33. The first kappa shape index (κ1) is 12.3. The van der Waals surface area contributed by atoms with Crippen LogP contribution in [0.3, 0.4) is 0 Å². The summed E-state index contributed by atoms with van der Waals surface area (Å²) in [6, 6.07) is 0. The van der Waals surface area contributed by atoms with Crippen LogP contribution in [0.15, 0.2) is 0 Å². The smallest absolute Gasteiger partial charge is 0.166 e. The molecule has 0 unspecified atom stereocenters. The lowest BCUT2D eigenvalue weighted by molar-refractivity contribution is -0.336. The molecular weight excluding hydrogens is 300 g/mol. The Bertz CT molecular complexity index is 693. The maximum absolute atomic E-state index is 7.02. The van der Waals surface area contributed by atoms with E-state index in [0.717, 1.165) is 65.1 Å². The molecule has 3 nitrogen and oxygen atoms in total. The normalized spacial score (nSPS) is 82.1. The highest BCUT2D eigenvalue weighted by Gasteiger charge is 2.92. The molecule has 2 saturated heterocycles. The fourth-order valence-corrected chi connectivity index (χ4v) is 12.2. The zero-order valence-corrected chi connectivity index (χ0v) is 14.2. The Labute approximate surface area is 142 Å². The molecule has 10 aliphatic rings. The summed E-state index contributed by atoms with van der Waals surface area (Å²) in [5.74, 6) is 10.5. The summed E-state index contributed by atoms with van der Waals surface area (Å²) >= 11 is 0. The first-order valence-electron chi connectivity index (χ1n) is 10.7. The van der Waals surface area contributed by atoms with Gasteiger partial charge in [-0.15, -0.1) is 0 Å². The average molecular weight is 326 g/mol. The van der Waals surface area contributed by atoms with Crippen molar-refractivity contribution in [1.29, 1.82) is 0 Å². The Morgan fingerprint density at radius 1 is 0.708 bits per heavy atom. The van der Waals surface area contributed by atoms with Crippen LogP contribution in [0, 0.1) is 70.5 Å². The molecule has 9 bridgehead atoms. The number of methoxy groups -OCH3 is 1. The predicted octanol–water partition coefficient (Wildman–Crippen LogP) is 2.55. The van der Waals surface area contributed by atoms with E-state index in [1.165, 1.54) is 25.7 Å². The second kappa shape index (κ2) is 3.27. The van der Waals surface area contributed by atoms with Gasteiger partial charge in [0.15, 0.2) is 6.29 Å². The zero-order valence-electron chi connectivity index (χ0n) is 14.2. The summed E-state index contributed by atoms with van der Waals surface area (Å²) < 4.78 is 20.0. The Morgan fingerprint density at radius 2 is 1.50 bits per heavy atom. The molecule has 0 aromatic rings. The SMILES string of the molecule is CO[C@@H]1O[C@@H]2CC[C@@H]3[C@@H]4[C@H]5[C@H]6[C@H]7[C@H]4[C@@H]4O[C@H]8CC[C@@H]([C@H]78)[C@@H]6[C@@]14[C@@H]5[C@H]32. The van der Waals surface area contributed by atoms with Crippen LogP contribution >= 0.6 is 0 Å². The highest BCUT2D eigenvalue weighted by atomic mass is 16.7. The third kappa shape index (κ3) is 0.820. The van der Waals surface area contributed by atoms with Gasteiger partial charge in [0, 0.05) is 7.11 Å². The third-order valence-corrected chi connectivity index (χ3v) is 11.5. The molecule has 8 aliphatic carbocycles. The van der Waals surface area contributed by atoms with Gasteiger partial charge in [-0.25, -0.2) is 0 Å². The van der Waals surface area contributed by atoms with Crippen LogP contribution in [0.4, 0.5) is 0 Å². The van der Waals surface area contributed by atoms with Gasteiger partial charge in [-0.05, 0) is 90.8 Å². The third-order valence-electron chi connectivity index (χ3n) is 11.5. The molecule has 2 heterocycles. The molecule has 0 amide bonds. The van der Waals surface area contributed by atoms with Crippen molar-refractivity contribution in [3.8, 4) is 0 Å². The Morgan fingerprint density at radius 3 is 2.38 bits per heavy atom. The van der Waals surface area contributed by atoms with E-state index in [9.17, 15) is 0 Å². The zero-order chi connectivity index (χ0) is 15.1. The maximum atomic E-state index is 7.02. The van der Waals surface area contributed by atoms with Crippen LogP contribution in [0.2, 0.25) is 0 Å². The number of hydrogen-bond donors (Lipinski definition) is 0. The Hall–Kier alpha value is -0.120. The molecule has 10 fully saturated rings. The van der Waals surface area contributed by atoms with Crippen molar-refractivity contribution in [2.45, 2.75) is 50.3 Å². The fraction of sp³-hybridized carbons (Fsp3) is 1.00. The summed E-state index contributed by atoms with van der Waals surface area (Å²) in [6.07, 6.45) is 7.15. The largest absolute Gasteiger partial charge is 0.374 e. The second-order valence-corrected chi connectivity index (χ2v) is 10.9. The van der Waals surface area contributed by atoms with Gasteiger partial charge in [0.2, 0.25) is 0 Å². The van der Waals surface area contributed by atoms with Gasteiger partial charge in [0.1, 0.15) is 0 Å². The summed E-state index contributed by atoms with van der Waals surface area (Å²) in [5.41, 5.74) is 0.247. The van der Waals surface area contributed by atoms with Gasteiger partial charge in [-0.3, -0.25) is 0 Å². The van der Waals surface area contributed by atoms with Gasteiger partial charge in [-0.2, -0.15) is 0 Å². The van der Waals surface area contributed by atoms with E-state index < -0.39 is 0 Å². The summed E-state index contributed by atoms with van der Waals surface area (Å²) in [5, 5.41) is 0. The first-order valence-corrected chi connectivity index (χ1v) is 10.7. The van der Waals surface area contributed by atoms with Crippen molar-refractivity contribution in [2.75, 3.05) is 7.11 Å². The number of ether oxygens (including phenoxy) is 3. The molecule has 0 N–H and O–H groups in total. The molecule has 1 spiro atoms. The van der Waals surface area contributed by atoms with Gasteiger partial charge in [0.25, 0.3) is 0 Å². The molecule has 0 radical (unpaired) electrons. The summed E-state index contributed by atoms with van der Waals surface area (Å²) in [4.78, 5) is 0. The van der Waals surface area contributed by atoms with Crippen LogP contribution in [0.25, 0.3) is 0 Å². The lowest BCUT2D eigenvalue weighted by atomic mass is 9.53. The molecular formula is C21H26O3. The molecule has 0 aromatic carbocycles. The maximum Gasteiger partial charge on any atom is 0.166 e. The van der Waals surface area contributed by atoms with E-state index in [4.69, 9.17) is 14.2 Å². The highest BCUT2D eigenvalue weighted by molar-refractivity contribution is 5.38. The summed E-state index contributed by atoms with van der Waals surface area (Å²) in [7, 11) is 1.92. The van der Waals surface area contributed by atoms with Gasteiger partial charge in [-0.1, -0.05) is 0 Å². The van der Waals surface area contributed by atoms with Crippen LogP contribution in [-0.4, -0.2) is 31.7 Å². The molecule has 16 atom stereocenters. The Kier molecular flexibility index (Phi) is 1.68. The second-order valence-electron chi connectivity index (χ2n) is 10.9. The van der Waals surface area contributed by atoms with Crippen molar-refractivity contribution in [2.24, 2.45) is 70.5 Å². The quantitative estimate of drug-likeness (QED) is 0.741. The van der Waals surface area contributed by atoms with Crippen molar-refractivity contribution < 1.29 is 14.2 Å². The number of hydrogen-bond acceptors (Lipinski definition) is 3. The monoisotopic (exact) mass is 326 g/mol. The highest BCUT2D eigenvalue weighted by Crippen LogP contribution is 2.91. The molecule has 10 rings (SSSR count). The minimum Gasteiger partial charge on any atom is -0.374 e. The standard InChI is InChI=1S/C21H26O3/c1-22-20-21-17-7-3-5-8-10(7)13-15(17)14-12(16(13)19(21)23-8)6-2-4-9(24-20)11(6)18(14)21/h6-20H,2-5H2,1H3/t6-,7-,8-,9+,10-,11+,12+,13-,14-,15+,16-,17-,18+,19-,20+,21-/m0/s1.